The second-order valence-electron chi connectivity index (χ2n) is 9.99. The highest BCUT2D eigenvalue weighted by Crippen LogP contribution is 2.23. The monoisotopic (exact) mass is 561 g/mol. The van der Waals surface area contributed by atoms with E-state index >= 15 is 0 Å². The first kappa shape index (κ1) is 30.0. The third-order valence-electron chi connectivity index (χ3n) is 7.17. The van der Waals surface area contributed by atoms with Gasteiger partial charge in [0.25, 0.3) is 0 Å². The summed E-state index contributed by atoms with van der Waals surface area (Å²) in [5.41, 5.74) is 2.46. The molecule has 0 bridgehead atoms. The SMILES string of the molecule is CCc1ccc(N(CCCC(=O)N(Cc2ccccc2Cl)[C@H](CC)C(=O)NC2CCCC2)S(C)(=O)=O)cc1. The van der Waals surface area contributed by atoms with Crippen LogP contribution in [-0.2, 0) is 32.6 Å². The second-order valence-corrected chi connectivity index (χ2v) is 12.3. The number of nitrogens with zero attached hydrogens (tertiary/aromatic N) is 2. The van der Waals surface area contributed by atoms with E-state index in [0.29, 0.717) is 23.6 Å². The molecule has 1 N–H and O–H groups in total. The first-order valence-corrected chi connectivity index (χ1v) is 15.8. The number of carbonyl (C=O) groups excluding carboxylic acids is 2. The van der Waals surface area contributed by atoms with Crippen molar-refractivity contribution in [2.45, 2.75) is 83.8 Å². The Morgan fingerprint density at radius 2 is 1.71 bits per heavy atom. The van der Waals surface area contributed by atoms with Gasteiger partial charge in [0.2, 0.25) is 21.8 Å². The molecule has 2 amide bonds. The Bertz CT molecular complexity index is 1180. The summed E-state index contributed by atoms with van der Waals surface area (Å²) in [7, 11) is -3.53. The van der Waals surface area contributed by atoms with E-state index in [-0.39, 0.29) is 37.4 Å². The van der Waals surface area contributed by atoms with Gasteiger partial charge < -0.3 is 10.2 Å². The average molecular weight is 562 g/mol. The van der Waals surface area contributed by atoms with Crippen molar-refractivity contribution in [3.05, 3.63) is 64.7 Å². The van der Waals surface area contributed by atoms with Crippen molar-refractivity contribution in [2.24, 2.45) is 0 Å². The van der Waals surface area contributed by atoms with Crippen molar-refractivity contribution in [2.75, 3.05) is 17.1 Å². The van der Waals surface area contributed by atoms with E-state index in [1.165, 1.54) is 10.6 Å². The molecular weight excluding hydrogens is 522 g/mol. The number of halogens is 1. The topological polar surface area (TPSA) is 86.8 Å². The van der Waals surface area contributed by atoms with E-state index in [2.05, 4.69) is 5.32 Å². The smallest absolute Gasteiger partial charge is 0.243 e. The third-order valence-corrected chi connectivity index (χ3v) is 8.73. The number of rotatable bonds is 13. The van der Waals surface area contributed by atoms with Crippen LogP contribution in [0.5, 0.6) is 0 Å². The highest BCUT2D eigenvalue weighted by atomic mass is 35.5. The zero-order valence-corrected chi connectivity index (χ0v) is 24.2. The van der Waals surface area contributed by atoms with Crippen LogP contribution in [-0.4, -0.2) is 50.0 Å². The van der Waals surface area contributed by atoms with Gasteiger partial charge in [-0.25, -0.2) is 8.42 Å². The molecule has 9 heteroatoms. The van der Waals surface area contributed by atoms with Crippen molar-refractivity contribution < 1.29 is 18.0 Å². The number of benzene rings is 2. The number of hydrogen-bond donors (Lipinski definition) is 1. The first-order chi connectivity index (χ1) is 18.1. The van der Waals surface area contributed by atoms with Gasteiger partial charge in [-0.05, 0) is 61.4 Å². The van der Waals surface area contributed by atoms with Crippen LogP contribution >= 0.6 is 11.6 Å². The Labute approximate surface area is 232 Å². The fourth-order valence-electron chi connectivity index (χ4n) is 5.00. The minimum Gasteiger partial charge on any atom is -0.352 e. The maximum atomic E-state index is 13.6. The average Bonchev–Trinajstić information content (AvgIpc) is 3.40. The summed E-state index contributed by atoms with van der Waals surface area (Å²) < 4.78 is 26.4. The number of anilines is 1. The number of hydrogen-bond acceptors (Lipinski definition) is 4. The summed E-state index contributed by atoms with van der Waals surface area (Å²) >= 11 is 6.41. The van der Waals surface area contributed by atoms with Crippen molar-refractivity contribution in [1.82, 2.24) is 10.2 Å². The molecular formula is C29H40ClN3O4S. The highest BCUT2D eigenvalue weighted by Gasteiger charge is 2.31. The van der Waals surface area contributed by atoms with Crippen molar-refractivity contribution in [1.29, 1.82) is 0 Å². The number of nitrogens with one attached hydrogen (secondary N) is 1. The molecule has 2 aromatic carbocycles. The second kappa shape index (κ2) is 14.0. The summed E-state index contributed by atoms with van der Waals surface area (Å²) in [6, 6.07) is 14.3. The molecule has 0 radical (unpaired) electrons. The summed E-state index contributed by atoms with van der Waals surface area (Å²) in [6.07, 6.45) is 7.05. The maximum absolute atomic E-state index is 13.6. The molecule has 2 aromatic rings. The molecule has 3 rings (SSSR count). The molecule has 1 aliphatic carbocycles. The molecule has 208 valence electrons. The predicted molar refractivity (Wildman–Crippen MR) is 154 cm³/mol. The van der Waals surface area contributed by atoms with E-state index < -0.39 is 16.1 Å². The van der Waals surface area contributed by atoms with Gasteiger partial charge in [0.05, 0.1) is 11.9 Å². The van der Waals surface area contributed by atoms with Gasteiger partial charge in [-0.3, -0.25) is 13.9 Å². The van der Waals surface area contributed by atoms with Crippen molar-refractivity contribution >= 4 is 39.1 Å². The summed E-state index contributed by atoms with van der Waals surface area (Å²) in [6.45, 7) is 4.32. The van der Waals surface area contributed by atoms with Crippen LogP contribution in [0.1, 0.15) is 69.9 Å². The van der Waals surface area contributed by atoms with Crippen LogP contribution in [0.2, 0.25) is 5.02 Å². The molecule has 0 unspecified atom stereocenters. The molecule has 0 spiro atoms. The predicted octanol–water partition coefficient (Wildman–Crippen LogP) is 5.31. The van der Waals surface area contributed by atoms with Crippen LogP contribution in [0, 0.1) is 0 Å². The van der Waals surface area contributed by atoms with Crippen LogP contribution in [0.4, 0.5) is 5.69 Å². The largest absolute Gasteiger partial charge is 0.352 e. The van der Waals surface area contributed by atoms with Crippen molar-refractivity contribution in [3.8, 4) is 0 Å². The molecule has 0 aliphatic heterocycles. The van der Waals surface area contributed by atoms with E-state index in [1.807, 2.05) is 44.2 Å². The normalized spacial score (nSPS) is 14.7. The van der Waals surface area contributed by atoms with Gasteiger partial charge in [0, 0.05) is 30.6 Å². The van der Waals surface area contributed by atoms with Crippen LogP contribution < -0.4 is 9.62 Å². The van der Waals surface area contributed by atoms with E-state index in [9.17, 15) is 18.0 Å². The van der Waals surface area contributed by atoms with Gasteiger partial charge in [-0.1, -0.05) is 68.6 Å². The lowest BCUT2D eigenvalue weighted by molar-refractivity contribution is -0.141. The molecule has 1 atom stereocenters. The molecule has 38 heavy (non-hydrogen) atoms. The van der Waals surface area contributed by atoms with E-state index in [1.54, 1.807) is 23.1 Å². The molecule has 0 aromatic heterocycles. The van der Waals surface area contributed by atoms with Gasteiger partial charge in [0.1, 0.15) is 6.04 Å². The highest BCUT2D eigenvalue weighted by molar-refractivity contribution is 7.92. The van der Waals surface area contributed by atoms with Crippen LogP contribution in [0.3, 0.4) is 0 Å². The van der Waals surface area contributed by atoms with E-state index in [0.717, 1.165) is 43.2 Å². The minimum atomic E-state index is -3.53. The fraction of sp³-hybridized carbons (Fsp3) is 0.517. The minimum absolute atomic E-state index is 0.108. The number of amides is 2. The molecule has 1 fully saturated rings. The third kappa shape index (κ3) is 8.21. The maximum Gasteiger partial charge on any atom is 0.243 e. The van der Waals surface area contributed by atoms with Crippen LogP contribution in [0.25, 0.3) is 0 Å². The number of sulfonamides is 1. The zero-order chi connectivity index (χ0) is 27.7. The van der Waals surface area contributed by atoms with Gasteiger partial charge in [0.15, 0.2) is 0 Å². The zero-order valence-electron chi connectivity index (χ0n) is 22.7. The van der Waals surface area contributed by atoms with Gasteiger partial charge >= 0.3 is 0 Å². The van der Waals surface area contributed by atoms with Crippen molar-refractivity contribution in [3.63, 3.8) is 0 Å². The lowest BCUT2D eigenvalue weighted by Gasteiger charge is -2.32. The molecule has 7 nitrogen and oxygen atoms in total. The molecule has 0 heterocycles. The first-order valence-electron chi connectivity index (χ1n) is 13.5. The van der Waals surface area contributed by atoms with Gasteiger partial charge in [-0.2, -0.15) is 0 Å². The number of aryl methyl sites for hydroxylation is 1. The lowest BCUT2D eigenvalue weighted by atomic mass is 10.1. The fourth-order valence-corrected chi connectivity index (χ4v) is 6.16. The Balaban J connectivity index is 1.75. The standard InChI is InChI=1S/C29H40ClN3O4S/c1-4-22-16-18-25(19-17-22)33(38(3,36)37)20-10-15-28(34)32(21-23-11-6-9-14-26(23)30)27(5-2)29(35)31-24-12-7-8-13-24/h6,9,11,14,16-19,24,27H,4-5,7-8,10,12-13,15,20-21H2,1-3H3,(H,31,35)/t27-/m1/s1. The molecule has 1 saturated carbocycles. The molecule has 1 aliphatic rings. The Kier molecular flexibility index (Phi) is 11.0. The summed E-state index contributed by atoms with van der Waals surface area (Å²) in [4.78, 5) is 28.5. The Morgan fingerprint density at radius 1 is 1.05 bits per heavy atom. The van der Waals surface area contributed by atoms with E-state index in [4.69, 9.17) is 11.6 Å². The molecule has 0 saturated heterocycles. The lowest BCUT2D eigenvalue weighted by Crippen LogP contribution is -2.51. The number of carbonyl (C=O) groups is 2. The van der Waals surface area contributed by atoms with Gasteiger partial charge in [-0.15, -0.1) is 0 Å². The quantitative estimate of drug-likeness (QED) is 0.359. The van der Waals surface area contributed by atoms with Crippen LogP contribution in [0.15, 0.2) is 48.5 Å². The summed E-state index contributed by atoms with van der Waals surface area (Å²) in [5, 5.41) is 3.67. The summed E-state index contributed by atoms with van der Waals surface area (Å²) in [5.74, 6) is -0.346. The Hall–Kier alpha value is -2.58. The Morgan fingerprint density at radius 3 is 2.29 bits per heavy atom.